The summed E-state index contributed by atoms with van der Waals surface area (Å²) in [4.78, 5) is 23.6. The van der Waals surface area contributed by atoms with E-state index in [1.54, 1.807) is 6.07 Å². The van der Waals surface area contributed by atoms with Gasteiger partial charge in [0, 0.05) is 16.3 Å². The lowest BCUT2D eigenvalue weighted by Crippen LogP contribution is -2.45. The van der Waals surface area contributed by atoms with E-state index in [9.17, 15) is 9.59 Å². The van der Waals surface area contributed by atoms with Crippen LogP contribution in [-0.2, 0) is 9.53 Å². The standard InChI is InChI=1S/C13H17ClN2O3/c1-7(2)11(13(18)19-3)16-12(17)8-4-9(14)6-10(15)5-8/h4-7,11H,15H2,1-3H3,(H,16,17). The monoisotopic (exact) mass is 284 g/mol. The van der Waals surface area contributed by atoms with Crippen LogP contribution in [0.1, 0.15) is 24.2 Å². The topological polar surface area (TPSA) is 81.4 Å². The van der Waals surface area contributed by atoms with Crippen LogP contribution < -0.4 is 11.1 Å². The van der Waals surface area contributed by atoms with Gasteiger partial charge in [-0.1, -0.05) is 25.4 Å². The predicted octanol–water partition coefficient (Wildman–Crippen LogP) is 1.85. The van der Waals surface area contributed by atoms with Crippen molar-refractivity contribution in [1.29, 1.82) is 0 Å². The van der Waals surface area contributed by atoms with Gasteiger partial charge in [-0.15, -0.1) is 0 Å². The predicted molar refractivity (Wildman–Crippen MR) is 74.0 cm³/mol. The largest absolute Gasteiger partial charge is 0.467 e. The molecule has 0 aromatic heterocycles. The Balaban J connectivity index is 2.90. The first-order chi connectivity index (χ1) is 8.85. The summed E-state index contributed by atoms with van der Waals surface area (Å²) in [6, 6.07) is 3.81. The van der Waals surface area contributed by atoms with E-state index in [-0.39, 0.29) is 5.92 Å². The molecule has 1 atom stereocenters. The van der Waals surface area contributed by atoms with E-state index in [0.717, 1.165) is 0 Å². The zero-order valence-electron chi connectivity index (χ0n) is 11.1. The Kier molecular flexibility index (Phi) is 5.18. The number of benzene rings is 1. The van der Waals surface area contributed by atoms with Crippen LogP contribution in [0.4, 0.5) is 5.69 Å². The number of hydrogen-bond acceptors (Lipinski definition) is 4. The van der Waals surface area contributed by atoms with Crippen LogP contribution in [0.5, 0.6) is 0 Å². The first kappa shape index (κ1) is 15.3. The molecule has 1 aromatic carbocycles. The number of rotatable bonds is 4. The number of nitrogens with one attached hydrogen (secondary N) is 1. The Morgan fingerprint density at radius 1 is 1.32 bits per heavy atom. The van der Waals surface area contributed by atoms with Crippen LogP contribution in [0.25, 0.3) is 0 Å². The summed E-state index contributed by atoms with van der Waals surface area (Å²) >= 11 is 5.83. The second-order valence-corrected chi connectivity index (χ2v) is 4.93. The van der Waals surface area contributed by atoms with Crippen LogP contribution in [0, 0.1) is 5.92 Å². The van der Waals surface area contributed by atoms with Crippen LogP contribution in [0.15, 0.2) is 18.2 Å². The number of ether oxygens (including phenoxy) is 1. The minimum atomic E-state index is -0.710. The van der Waals surface area contributed by atoms with Gasteiger partial charge in [0.25, 0.3) is 5.91 Å². The Bertz CT molecular complexity index is 469. The van der Waals surface area contributed by atoms with E-state index < -0.39 is 17.9 Å². The Morgan fingerprint density at radius 3 is 2.42 bits per heavy atom. The Morgan fingerprint density at radius 2 is 1.95 bits per heavy atom. The van der Waals surface area contributed by atoms with Gasteiger partial charge in [0.15, 0.2) is 0 Å². The number of nitrogens with two attached hydrogens (primary N) is 1. The fourth-order valence-corrected chi connectivity index (χ4v) is 1.84. The summed E-state index contributed by atoms with van der Waals surface area (Å²) in [5.74, 6) is -0.996. The molecule has 0 radical (unpaired) electrons. The summed E-state index contributed by atoms with van der Waals surface area (Å²) in [6.45, 7) is 3.63. The third-order valence-corrected chi connectivity index (χ3v) is 2.81. The molecule has 1 amide bonds. The molecule has 3 N–H and O–H groups in total. The number of nitrogen functional groups attached to an aromatic ring is 1. The molecule has 0 bridgehead atoms. The van der Waals surface area contributed by atoms with Gasteiger partial charge in [-0.3, -0.25) is 4.79 Å². The van der Waals surface area contributed by atoms with Crippen molar-refractivity contribution >= 4 is 29.2 Å². The minimum Gasteiger partial charge on any atom is -0.467 e. The second kappa shape index (κ2) is 6.43. The van der Waals surface area contributed by atoms with E-state index in [4.69, 9.17) is 17.3 Å². The molecule has 6 heteroatoms. The van der Waals surface area contributed by atoms with Crippen molar-refractivity contribution in [3.8, 4) is 0 Å². The van der Waals surface area contributed by atoms with Crippen molar-refractivity contribution in [1.82, 2.24) is 5.32 Å². The smallest absolute Gasteiger partial charge is 0.328 e. The van der Waals surface area contributed by atoms with E-state index in [2.05, 4.69) is 10.1 Å². The SMILES string of the molecule is COC(=O)C(NC(=O)c1cc(N)cc(Cl)c1)C(C)C. The molecular formula is C13H17ClN2O3. The van der Waals surface area contributed by atoms with Crippen molar-refractivity contribution in [3.63, 3.8) is 0 Å². The molecule has 1 rings (SSSR count). The van der Waals surface area contributed by atoms with Crippen molar-refractivity contribution in [2.75, 3.05) is 12.8 Å². The van der Waals surface area contributed by atoms with E-state index in [0.29, 0.717) is 16.3 Å². The molecule has 0 heterocycles. The van der Waals surface area contributed by atoms with Crippen LogP contribution in [0.2, 0.25) is 5.02 Å². The number of methoxy groups -OCH3 is 1. The van der Waals surface area contributed by atoms with E-state index in [1.165, 1.54) is 19.2 Å². The summed E-state index contributed by atoms with van der Waals surface area (Å²) < 4.78 is 4.65. The molecule has 104 valence electrons. The number of hydrogen-bond donors (Lipinski definition) is 2. The van der Waals surface area contributed by atoms with Crippen LogP contribution >= 0.6 is 11.6 Å². The average Bonchev–Trinajstić information content (AvgIpc) is 2.33. The fourth-order valence-electron chi connectivity index (χ4n) is 1.59. The molecule has 0 aliphatic rings. The van der Waals surface area contributed by atoms with Gasteiger partial charge in [-0.25, -0.2) is 4.79 Å². The van der Waals surface area contributed by atoms with Gasteiger partial charge < -0.3 is 15.8 Å². The molecule has 0 spiro atoms. The lowest BCUT2D eigenvalue weighted by atomic mass is 10.0. The maximum atomic E-state index is 12.1. The maximum Gasteiger partial charge on any atom is 0.328 e. The zero-order chi connectivity index (χ0) is 14.6. The van der Waals surface area contributed by atoms with Gasteiger partial charge >= 0.3 is 5.97 Å². The number of carbonyl (C=O) groups is 2. The minimum absolute atomic E-state index is 0.0899. The lowest BCUT2D eigenvalue weighted by Gasteiger charge is -2.19. The Hall–Kier alpha value is -1.75. The van der Waals surface area contributed by atoms with Gasteiger partial charge in [0.1, 0.15) is 6.04 Å². The summed E-state index contributed by atoms with van der Waals surface area (Å²) in [5.41, 5.74) is 6.31. The van der Waals surface area contributed by atoms with Crippen LogP contribution in [-0.4, -0.2) is 25.0 Å². The second-order valence-electron chi connectivity index (χ2n) is 4.49. The van der Waals surface area contributed by atoms with Crippen molar-refractivity contribution in [2.45, 2.75) is 19.9 Å². The van der Waals surface area contributed by atoms with Crippen molar-refractivity contribution in [3.05, 3.63) is 28.8 Å². The highest BCUT2D eigenvalue weighted by Crippen LogP contribution is 2.17. The third kappa shape index (κ3) is 4.13. The molecule has 19 heavy (non-hydrogen) atoms. The zero-order valence-corrected chi connectivity index (χ0v) is 11.8. The molecule has 0 saturated heterocycles. The number of esters is 1. The van der Waals surface area contributed by atoms with E-state index in [1.807, 2.05) is 13.8 Å². The molecule has 0 fully saturated rings. The van der Waals surface area contributed by atoms with Crippen LogP contribution in [0.3, 0.4) is 0 Å². The highest BCUT2D eigenvalue weighted by molar-refractivity contribution is 6.31. The molecular weight excluding hydrogens is 268 g/mol. The highest BCUT2D eigenvalue weighted by Gasteiger charge is 2.25. The van der Waals surface area contributed by atoms with Gasteiger partial charge in [0.05, 0.1) is 7.11 Å². The number of anilines is 1. The first-order valence-corrected chi connectivity index (χ1v) is 6.17. The fraction of sp³-hybridized carbons (Fsp3) is 0.385. The molecule has 0 aliphatic heterocycles. The normalized spacial score (nSPS) is 12.1. The molecule has 0 saturated carbocycles. The van der Waals surface area contributed by atoms with Gasteiger partial charge in [-0.05, 0) is 24.1 Å². The van der Waals surface area contributed by atoms with Crippen molar-refractivity contribution in [2.24, 2.45) is 5.92 Å². The van der Waals surface area contributed by atoms with Gasteiger partial charge in [0.2, 0.25) is 0 Å². The quantitative estimate of drug-likeness (QED) is 0.653. The third-order valence-electron chi connectivity index (χ3n) is 2.59. The van der Waals surface area contributed by atoms with Crippen molar-refractivity contribution < 1.29 is 14.3 Å². The summed E-state index contributed by atoms with van der Waals surface area (Å²) in [6.07, 6.45) is 0. The molecule has 5 nitrogen and oxygen atoms in total. The average molecular weight is 285 g/mol. The number of amides is 1. The summed E-state index contributed by atoms with van der Waals surface area (Å²) in [5, 5.41) is 2.98. The number of carbonyl (C=O) groups excluding carboxylic acids is 2. The molecule has 1 aromatic rings. The maximum absolute atomic E-state index is 12.1. The Labute approximate surface area is 117 Å². The lowest BCUT2D eigenvalue weighted by molar-refractivity contribution is -0.144. The molecule has 0 aliphatic carbocycles. The number of halogens is 1. The molecule has 1 unspecified atom stereocenters. The van der Waals surface area contributed by atoms with E-state index >= 15 is 0 Å². The highest BCUT2D eigenvalue weighted by atomic mass is 35.5. The first-order valence-electron chi connectivity index (χ1n) is 5.80. The van der Waals surface area contributed by atoms with Gasteiger partial charge in [-0.2, -0.15) is 0 Å². The summed E-state index contributed by atoms with van der Waals surface area (Å²) in [7, 11) is 1.28.